The fourth-order valence-electron chi connectivity index (χ4n) is 4.09. The zero-order valence-corrected chi connectivity index (χ0v) is 23.9. The van der Waals surface area contributed by atoms with E-state index in [2.05, 4.69) is 75.6 Å². The molecule has 1 aliphatic heterocycles. The van der Waals surface area contributed by atoms with Crippen molar-refractivity contribution >= 4 is 51.0 Å². The molecule has 2 aromatic heterocycles. The number of ether oxygens (including phenoxy) is 1. The van der Waals surface area contributed by atoms with Gasteiger partial charge in [-0.1, -0.05) is 41.3 Å². The van der Waals surface area contributed by atoms with E-state index in [9.17, 15) is 10.0 Å². The summed E-state index contributed by atoms with van der Waals surface area (Å²) in [5, 5.41) is 17.4. The number of nitrogens with zero attached hydrogens (tertiary/aromatic N) is 4. The molecule has 0 saturated carbocycles. The molecule has 3 heterocycles. The fourth-order valence-corrected chi connectivity index (χ4v) is 6.35. The van der Waals surface area contributed by atoms with Crippen LogP contribution in [0.1, 0.15) is 35.0 Å². The van der Waals surface area contributed by atoms with Crippen molar-refractivity contribution in [3.05, 3.63) is 81.2 Å². The summed E-state index contributed by atoms with van der Waals surface area (Å²) in [5.74, 6) is -0.343. The Morgan fingerprint density at radius 3 is 2.84 bits per heavy atom. The van der Waals surface area contributed by atoms with E-state index in [1.54, 1.807) is 23.1 Å². The smallest absolute Gasteiger partial charge is 0.297 e. The molecule has 0 aliphatic carbocycles. The van der Waals surface area contributed by atoms with Crippen LogP contribution in [0.25, 0.3) is 16.3 Å². The van der Waals surface area contributed by atoms with Crippen molar-refractivity contribution in [2.45, 2.75) is 31.9 Å². The first kappa shape index (κ1) is 26.9. The largest absolute Gasteiger partial charge is 1.00 e. The number of thioether (sulfide) groups is 1. The van der Waals surface area contributed by atoms with Gasteiger partial charge in [0.25, 0.3) is 22.3 Å². The van der Waals surface area contributed by atoms with E-state index in [1.165, 1.54) is 15.2 Å². The van der Waals surface area contributed by atoms with E-state index in [0.29, 0.717) is 5.75 Å². The highest BCUT2D eigenvalue weighted by Gasteiger charge is 2.27. The van der Waals surface area contributed by atoms with E-state index in [-0.39, 0.29) is 46.9 Å². The van der Waals surface area contributed by atoms with Crippen molar-refractivity contribution < 1.29 is 47.6 Å². The van der Waals surface area contributed by atoms with Crippen LogP contribution in [0.5, 0.6) is 5.75 Å². The number of halogens is 1. The molecule has 9 nitrogen and oxygen atoms in total. The number of fused-ring (bicyclic) bond motifs is 2. The number of primary amides is 1. The summed E-state index contributed by atoms with van der Waals surface area (Å²) in [7, 11) is 0. The molecule has 2 N–H and O–H groups in total. The predicted octanol–water partition coefficient (Wildman–Crippen LogP) is 0.999. The lowest BCUT2D eigenvalue weighted by molar-refractivity contribution is -0.803. The molecule has 0 atom stereocenters. The van der Waals surface area contributed by atoms with Crippen LogP contribution in [-0.2, 0) is 13.2 Å². The van der Waals surface area contributed by atoms with E-state index >= 15 is 0 Å². The van der Waals surface area contributed by atoms with Gasteiger partial charge >= 0.3 is 0 Å². The number of anilines is 1. The maximum Gasteiger partial charge on any atom is 0.297 e. The summed E-state index contributed by atoms with van der Waals surface area (Å²) in [4.78, 5) is 14.8. The van der Waals surface area contributed by atoms with E-state index < -0.39 is 5.91 Å². The van der Waals surface area contributed by atoms with Gasteiger partial charge in [-0.05, 0) is 43.0 Å². The lowest BCUT2D eigenvalue weighted by atomic mass is 10.2. The molecule has 0 unspecified atom stereocenters. The molecule has 4 aromatic rings. The van der Waals surface area contributed by atoms with Crippen molar-refractivity contribution in [1.29, 1.82) is 0 Å². The number of nitrogens with two attached hydrogens (primary N) is 1. The Kier molecular flexibility index (Phi) is 8.39. The van der Waals surface area contributed by atoms with Crippen LogP contribution in [-0.4, -0.2) is 17.6 Å². The molecule has 2 aromatic carbocycles. The number of amides is 1. The number of allylic oxidation sites excluding steroid dienone is 2. The normalized spacial score (nSPS) is 13.9. The molecular formula is C25H24IN5O4S2. The monoisotopic (exact) mass is 649 g/mol. The van der Waals surface area contributed by atoms with Crippen LogP contribution in [0, 0.1) is 5.21 Å². The molecule has 0 saturated heterocycles. The van der Waals surface area contributed by atoms with Gasteiger partial charge in [0, 0.05) is 34.8 Å². The molecule has 5 rings (SSSR count). The van der Waals surface area contributed by atoms with Crippen LogP contribution in [0.2, 0.25) is 0 Å². The van der Waals surface area contributed by atoms with E-state index in [4.69, 9.17) is 10.5 Å². The summed E-state index contributed by atoms with van der Waals surface area (Å²) in [6, 6.07) is 14.2. The first-order valence-electron chi connectivity index (χ1n) is 11.4. The van der Waals surface area contributed by atoms with Gasteiger partial charge in [0.15, 0.2) is 6.61 Å². The minimum atomic E-state index is -0.921. The zero-order valence-electron chi connectivity index (χ0n) is 20.1. The lowest BCUT2D eigenvalue weighted by Crippen LogP contribution is -3.00. The molecule has 0 bridgehead atoms. The highest BCUT2D eigenvalue weighted by Crippen LogP contribution is 2.47. The van der Waals surface area contributed by atoms with Gasteiger partial charge in [-0.3, -0.25) is 9.42 Å². The Labute approximate surface area is 238 Å². The van der Waals surface area contributed by atoms with Gasteiger partial charge in [-0.2, -0.15) is 4.57 Å². The standard InChI is InChI=1S/C25H23N5O4S2.HI/c1-3-28-18-8-5-6-9-20(18)35-22(28)10-7-11-23-29(4-2)19-14-16(12-13-21(19)36-23)33-15-17-24(25(26)31)30(32)34-27-17;/h5-14H,3-4,15H2,1-2H3,(H-,26,31);1H. The van der Waals surface area contributed by atoms with Gasteiger partial charge < -0.3 is 44.6 Å². The molecule has 12 heteroatoms. The third-order valence-electron chi connectivity index (χ3n) is 5.74. The first-order chi connectivity index (χ1) is 17.5. The molecule has 0 radical (unpaired) electrons. The number of benzene rings is 2. The minimum Gasteiger partial charge on any atom is -1.00 e. The molecule has 0 fully saturated rings. The Hall–Kier alpha value is -3.10. The fraction of sp³-hybridized carbons (Fsp3) is 0.200. The van der Waals surface area contributed by atoms with Gasteiger partial charge in [0.1, 0.15) is 17.0 Å². The summed E-state index contributed by atoms with van der Waals surface area (Å²) < 4.78 is 13.9. The number of rotatable bonds is 8. The topological polar surface area (TPSA) is 112 Å². The van der Waals surface area contributed by atoms with E-state index in [1.807, 2.05) is 18.2 Å². The second-order valence-electron chi connectivity index (χ2n) is 7.87. The lowest BCUT2D eigenvalue weighted by Gasteiger charge is -2.18. The average Bonchev–Trinajstić information content (AvgIpc) is 3.54. The Morgan fingerprint density at radius 1 is 1.27 bits per heavy atom. The highest BCUT2D eigenvalue weighted by molar-refractivity contribution is 8.03. The first-order valence-corrected chi connectivity index (χ1v) is 13.0. The molecular weight excluding hydrogens is 625 g/mol. The van der Waals surface area contributed by atoms with Crippen LogP contribution >= 0.6 is 23.1 Å². The number of aryl methyl sites for hydroxylation is 1. The van der Waals surface area contributed by atoms with E-state index in [0.717, 1.165) is 28.7 Å². The van der Waals surface area contributed by atoms with Crippen molar-refractivity contribution in [3.63, 3.8) is 0 Å². The van der Waals surface area contributed by atoms with Gasteiger partial charge in [-0.25, -0.2) is 0 Å². The summed E-state index contributed by atoms with van der Waals surface area (Å²) in [6.07, 6.45) is 6.38. The Bertz CT molecular complexity index is 1510. The van der Waals surface area contributed by atoms with Gasteiger partial charge in [-0.15, -0.1) is 0 Å². The SMILES string of the molecule is CCN1/C(=C/C=C/c2sc3ccccc3[n+]2CC)Sc2ccc(OCc3no[n+]([O-])c3C(N)=O)cc21.[I-]. The number of thiazole rings is 1. The third kappa shape index (κ3) is 5.31. The number of hydrogen-bond acceptors (Lipinski definition) is 8. The second kappa shape index (κ2) is 11.5. The Morgan fingerprint density at radius 2 is 2.08 bits per heavy atom. The number of aromatic nitrogens is 3. The number of carbonyl (C=O) groups excluding carboxylic acids is 1. The molecule has 1 amide bonds. The second-order valence-corrected chi connectivity index (χ2v) is 9.99. The van der Waals surface area contributed by atoms with Gasteiger partial charge in [0.2, 0.25) is 5.52 Å². The van der Waals surface area contributed by atoms with Crippen molar-refractivity contribution in [2.24, 2.45) is 5.73 Å². The number of para-hydroxylation sites is 1. The van der Waals surface area contributed by atoms with Crippen LogP contribution in [0.4, 0.5) is 5.69 Å². The minimum absolute atomic E-state index is 0. The summed E-state index contributed by atoms with van der Waals surface area (Å²) in [5.41, 5.74) is 7.20. The van der Waals surface area contributed by atoms with Crippen molar-refractivity contribution in [1.82, 2.24) is 5.16 Å². The van der Waals surface area contributed by atoms with Crippen molar-refractivity contribution in [2.75, 3.05) is 11.4 Å². The molecule has 0 spiro atoms. The highest BCUT2D eigenvalue weighted by atomic mass is 127. The maximum absolute atomic E-state index is 11.5. The molecule has 37 heavy (non-hydrogen) atoms. The van der Waals surface area contributed by atoms with Crippen LogP contribution < -0.4 is 48.8 Å². The quantitative estimate of drug-likeness (QED) is 0.172. The summed E-state index contributed by atoms with van der Waals surface area (Å²) >= 11 is 3.48. The molecule has 1 aliphatic rings. The summed E-state index contributed by atoms with van der Waals surface area (Å²) in [6.45, 7) is 5.83. The number of hydrogen-bond donors (Lipinski definition) is 1. The van der Waals surface area contributed by atoms with Crippen LogP contribution in [0.15, 0.2) is 69.2 Å². The zero-order chi connectivity index (χ0) is 25.2. The maximum atomic E-state index is 11.5. The number of carbonyl (C=O) groups is 1. The molecule has 192 valence electrons. The third-order valence-corrected chi connectivity index (χ3v) is 8.00. The average molecular weight is 650 g/mol. The van der Waals surface area contributed by atoms with Gasteiger partial charge in [0.05, 0.1) is 10.7 Å². The predicted molar refractivity (Wildman–Crippen MR) is 138 cm³/mol. The Balaban J connectivity index is 0.00000320. The van der Waals surface area contributed by atoms with Crippen molar-refractivity contribution in [3.8, 4) is 5.75 Å². The van der Waals surface area contributed by atoms with Crippen LogP contribution in [0.3, 0.4) is 0 Å².